The highest BCUT2D eigenvalue weighted by atomic mass is 35.5. The van der Waals surface area contributed by atoms with Gasteiger partial charge in [-0.25, -0.2) is 4.79 Å². The van der Waals surface area contributed by atoms with Gasteiger partial charge in [-0.05, 0) is 47.5 Å². The van der Waals surface area contributed by atoms with E-state index in [0.717, 1.165) is 11.1 Å². The summed E-state index contributed by atoms with van der Waals surface area (Å²) >= 11 is 6.02. The highest BCUT2D eigenvalue weighted by Crippen LogP contribution is 2.23. The van der Waals surface area contributed by atoms with Crippen LogP contribution < -0.4 is 16.4 Å². The summed E-state index contributed by atoms with van der Waals surface area (Å²) in [6.45, 7) is 0. The van der Waals surface area contributed by atoms with E-state index >= 15 is 0 Å². The molecular formula is C20H16ClN3O2. The number of para-hydroxylation sites is 1. The Labute approximate surface area is 155 Å². The number of rotatable bonds is 4. The number of amides is 3. The van der Waals surface area contributed by atoms with Crippen LogP contribution in [-0.2, 0) is 0 Å². The molecule has 26 heavy (non-hydrogen) atoms. The Kier molecular flexibility index (Phi) is 5.20. The molecule has 0 spiro atoms. The predicted molar refractivity (Wildman–Crippen MR) is 104 cm³/mol. The molecule has 0 aliphatic heterocycles. The first-order valence-electron chi connectivity index (χ1n) is 7.86. The summed E-state index contributed by atoms with van der Waals surface area (Å²) in [4.78, 5) is 23.2. The second-order valence-electron chi connectivity index (χ2n) is 5.58. The Morgan fingerprint density at radius 2 is 1.35 bits per heavy atom. The van der Waals surface area contributed by atoms with Crippen molar-refractivity contribution in [2.24, 2.45) is 5.73 Å². The van der Waals surface area contributed by atoms with Crippen LogP contribution in [0.4, 0.5) is 16.2 Å². The van der Waals surface area contributed by atoms with Crippen molar-refractivity contribution in [1.82, 2.24) is 0 Å². The number of benzene rings is 3. The van der Waals surface area contributed by atoms with Crippen LogP contribution in [0.2, 0.25) is 5.02 Å². The number of hydrogen-bond donors (Lipinski definition) is 3. The van der Waals surface area contributed by atoms with Gasteiger partial charge >= 0.3 is 6.03 Å². The smallest absolute Gasteiger partial charge is 0.323 e. The van der Waals surface area contributed by atoms with Crippen LogP contribution in [0.25, 0.3) is 11.1 Å². The minimum atomic E-state index is -0.458. The van der Waals surface area contributed by atoms with Gasteiger partial charge < -0.3 is 16.4 Å². The van der Waals surface area contributed by atoms with Crippen LogP contribution in [0, 0.1) is 0 Å². The lowest BCUT2D eigenvalue weighted by Crippen LogP contribution is -2.19. The number of anilines is 2. The molecule has 0 bridgehead atoms. The number of hydrogen-bond acceptors (Lipinski definition) is 2. The van der Waals surface area contributed by atoms with E-state index in [4.69, 9.17) is 17.3 Å². The molecule has 0 aliphatic carbocycles. The fourth-order valence-corrected chi connectivity index (χ4v) is 2.60. The van der Waals surface area contributed by atoms with Crippen LogP contribution in [0.15, 0.2) is 72.8 Å². The zero-order chi connectivity index (χ0) is 18.5. The van der Waals surface area contributed by atoms with Crippen molar-refractivity contribution in [3.63, 3.8) is 0 Å². The molecule has 0 aromatic heterocycles. The molecule has 0 fully saturated rings. The highest BCUT2D eigenvalue weighted by Gasteiger charge is 2.06. The summed E-state index contributed by atoms with van der Waals surface area (Å²) in [7, 11) is 0. The zero-order valence-corrected chi connectivity index (χ0v) is 14.5. The molecule has 130 valence electrons. The van der Waals surface area contributed by atoms with Gasteiger partial charge in [-0.2, -0.15) is 0 Å². The molecule has 3 rings (SSSR count). The first-order chi connectivity index (χ1) is 12.5. The molecular weight excluding hydrogens is 350 g/mol. The van der Waals surface area contributed by atoms with Gasteiger partial charge in [-0.15, -0.1) is 0 Å². The molecule has 6 heteroatoms. The van der Waals surface area contributed by atoms with E-state index in [-0.39, 0.29) is 6.03 Å². The molecule has 3 aromatic rings. The largest absolute Gasteiger partial charge is 0.366 e. The van der Waals surface area contributed by atoms with Crippen molar-refractivity contribution in [2.45, 2.75) is 0 Å². The van der Waals surface area contributed by atoms with Gasteiger partial charge in [-0.3, -0.25) is 4.79 Å². The van der Waals surface area contributed by atoms with Crippen molar-refractivity contribution < 1.29 is 9.59 Å². The monoisotopic (exact) mass is 365 g/mol. The fourth-order valence-electron chi connectivity index (χ4n) is 2.42. The van der Waals surface area contributed by atoms with Gasteiger partial charge in [0.15, 0.2) is 0 Å². The Hall–Kier alpha value is -3.31. The van der Waals surface area contributed by atoms with E-state index in [0.29, 0.717) is 22.0 Å². The SMILES string of the molecule is NC(=O)c1ccc(-c2ccc(NC(=O)Nc3ccccc3Cl)cc2)cc1. The van der Waals surface area contributed by atoms with Gasteiger partial charge in [0.05, 0.1) is 10.7 Å². The van der Waals surface area contributed by atoms with E-state index in [1.165, 1.54) is 0 Å². The van der Waals surface area contributed by atoms with Crippen molar-refractivity contribution in [3.05, 3.63) is 83.4 Å². The predicted octanol–water partition coefficient (Wildman–Crippen LogP) is 4.75. The molecule has 4 N–H and O–H groups in total. The van der Waals surface area contributed by atoms with Crippen molar-refractivity contribution in [3.8, 4) is 11.1 Å². The third kappa shape index (κ3) is 4.20. The van der Waals surface area contributed by atoms with Gasteiger partial charge in [0.2, 0.25) is 5.91 Å². The third-order valence-corrected chi connectivity index (χ3v) is 4.10. The number of primary amides is 1. The van der Waals surface area contributed by atoms with E-state index in [1.54, 1.807) is 48.5 Å². The van der Waals surface area contributed by atoms with Gasteiger partial charge in [0.25, 0.3) is 0 Å². The average Bonchev–Trinajstić information content (AvgIpc) is 2.64. The molecule has 0 radical (unpaired) electrons. The summed E-state index contributed by atoms with van der Waals surface area (Å²) in [5.74, 6) is -0.458. The van der Waals surface area contributed by atoms with Crippen LogP contribution in [0.1, 0.15) is 10.4 Å². The standard InChI is InChI=1S/C20H16ClN3O2/c21-17-3-1-2-4-18(17)24-20(26)23-16-11-9-14(10-12-16)13-5-7-15(8-6-13)19(22)25/h1-12H,(H2,22,25)(H2,23,24,26). The van der Waals surface area contributed by atoms with Crippen LogP contribution in [-0.4, -0.2) is 11.9 Å². The van der Waals surface area contributed by atoms with Crippen LogP contribution in [0.5, 0.6) is 0 Å². The lowest BCUT2D eigenvalue weighted by molar-refractivity contribution is 0.100. The first kappa shape index (κ1) is 17.5. The summed E-state index contributed by atoms with van der Waals surface area (Å²) in [5.41, 5.74) is 8.79. The summed E-state index contributed by atoms with van der Waals surface area (Å²) in [5, 5.41) is 5.92. The maximum absolute atomic E-state index is 12.1. The third-order valence-electron chi connectivity index (χ3n) is 3.77. The molecule has 3 amide bonds. The minimum absolute atomic E-state index is 0.378. The first-order valence-corrected chi connectivity index (χ1v) is 8.23. The van der Waals surface area contributed by atoms with E-state index in [2.05, 4.69) is 10.6 Å². The number of urea groups is 1. The zero-order valence-electron chi connectivity index (χ0n) is 13.7. The number of halogens is 1. The van der Waals surface area contributed by atoms with Gasteiger partial charge in [0, 0.05) is 11.3 Å². The Balaban J connectivity index is 1.66. The second kappa shape index (κ2) is 7.72. The van der Waals surface area contributed by atoms with Gasteiger partial charge in [-0.1, -0.05) is 48.0 Å². The van der Waals surface area contributed by atoms with E-state index in [9.17, 15) is 9.59 Å². The Morgan fingerprint density at radius 3 is 1.92 bits per heavy atom. The molecule has 3 aromatic carbocycles. The van der Waals surface area contributed by atoms with Gasteiger partial charge in [0.1, 0.15) is 0 Å². The number of carbonyl (C=O) groups is 2. The van der Waals surface area contributed by atoms with Crippen LogP contribution >= 0.6 is 11.6 Å². The second-order valence-corrected chi connectivity index (χ2v) is 5.99. The molecule has 0 aliphatic rings. The minimum Gasteiger partial charge on any atom is -0.366 e. The number of carbonyl (C=O) groups excluding carboxylic acids is 2. The maximum atomic E-state index is 12.1. The number of nitrogens with two attached hydrogens (primary N) is 1. The maximum Gasteiger partial charge on any atom is 0.323 e. The average molecular weight is 366 g/mol. The molecule has 0 unspecified atom stereocenters. The summed E-state index contributed by atoms with van der Waals surface area (Å²) in [6, 6.07) is 21.0. The van der Waals surface area contributed by atoms with E-state index in [1.807, 2.05) is 24.3 Å². The summed E-state index contributed by atoms with van der Waals surface area (Å²) in [6.07, 6.45) is 0. The summed E-state index contributed by atoms with van der Waals surface area (Å²) < 4.78 is 0. The molecule has 0 heterocycles. The fraction of sp³-hybridized carbons (Fsp3) is 0. The topological polar surface area (TPSA) is 84.2 Å². The van der Waals surface area contributed by atoms with Crippen LogP contribution in [0.3, 0.4) is 0 Å². The molecule has 0 saturated carbocycles. The quantitative estimate of drug-likeness (QED) is 0.623. The molecule has 0 atom stereocenters. The van der Waals surface area contributed by atoms with E-state index < -0.39 is 5.91 Å². The Bertz CT molecular complexity index is 938. The number of nitrogens with one attached hydrogen (secondary N) is 2. The molecule has 0 saturated heterocycles. The lowest BCUT2D eigenvalue weighted by Gasteiger charge is -2.09. The normalized spacial score (nSPS) is 10.2. The molecule has 5 nitrogen and oxygen atoms in total. The highest BCUT2D eigenvalue weighted by molar-refractivity contribution is 6.33. The Morgan fingerprint density at radius 1 is 0.769 bits per heavy atom. The van der Waals surface area contributed by atoms with Crippen molar-refractivity contribution in [1.29, 1.82) is 0 Å². The van der Waals surface area contributed by atoms with Crippen molar-refractivity contribution in [2.75, 3.05) is 10.6 Å². The van der Waals surface area contributed by atoms with Crippen molar-refractivity contribution >= 4 is 34.9 Å². The lowest BCUT2D eigenvalue weighted by atomic mass is 10.0.